The maximum absolute atomic E-state index is 5.74. The molecule has 1 heterocycles. The van der Waals surface area contributed by atoms with Crippen molar-refractivity contribution in [2.45, 2.75) is 6.92 Å². The highest BCUT2D eigenvalue weighted by molar-refractivity contribution is 9.10. The van der Waals surface area contributed by atoms with Gasteiger partial charge < -0.3 is 10.5 Å². The van der Waals surface area contributed by atoms with E-state index in [1.807, 2.05) is 13.0 Å². The van der Waals surface area contributed by atoms with Crippen LogP contribution >= 0.6 is 15.9 Å². The first-order chi connectivity index (χ1) is 7.66. The van der Waals surface area contributed by atoms with E-state index in [-0.39, 0.29) is 0 Å². The number of anilines is 1. The number of nitrogens with zero attached hydrogens (tertiary/aromatic N) is 2. The number of aryl methyl sites for hydroxylation is 1. The fourth-order valence-corrected chi connectivity index (χ4v) is 1.53. The van der Waals surface area contributed by atoms with E-state index >= 15 is 0 Å². The van der Waals surface area contributed by atoms with Crippen LogP contribution in [0, 0.1) is 6.92 Å². The van der Waals surface area contributed by atoms with Crippen molar-refractivity contribution in [3.8, 4) is 11.8 Å². The van der Waals surface area contributed by atoms with Gasteiger partial charge in [-0.1, -0.05) is 6.07 Å². The lowest BCUT2D eigenvalue weighted by molar-refractivity contribution is 0.438. The molecule has 16 heavy (non-hydrogen) atoms. The first-order valence-corrected chi connectivity index (χ1v) is 5.47. The molecule has 0 aliphatic rings. The topological polar surface area (TPSA) is 61.0 Å². The van der Waals surface area contributed by atoms with Crippen LogP contribution in [0.3, 0.4) is 0 Å². The third-order valence-corrected chi connectivity index (χ3v) is 2.82. The Hall–Kier alpha value is -1.62. The summed E-state index contributed by atoms with van der Waals surface area (Å²) in [4.78, 5) is 8.15. The summed E-state index contributed by atoms with van der Waals surface area (Å²) < 4.78 is 6.23. The van der Waals surface area contributed by atoms with Gasteiger partial charge in [0.25, 0.3) is 0 Å². The van der Waals surface area contributed by atoms with Crippen LogP contribution in [0.5, 0.6) is 11.8 Å². The van der Waals surface area contributed by atoms with E-state index in [1.165, 1.54) is 0 Å². The Bertz CT molecular complexity index is 516. The summed E-state index contributed by atoms with van der Waals surface area (Å²) in [6.45, 7) is 1.88. The molecular formula is C11H10BrN3O. The molecule has 2 aromatic rings. The van der Waals surface area contributed by atoms with Gasteiger partial charge >= 0.3 is 6.01 Å². The zero-order valence-corrected chi connectivity index (χ0v) is 10.2. The lowest BCUT2D eigenvalue weighted by atomic mass is 10.3. The third-order valence-electron chi connectivity index (χ3n) is 1.97. The molecule has 0 spiro atoms. The fraction of sp³-hybridized carbons (Fsp3) is 0.0909. The highest BCUT2D eigenvalue weighted by Gasteiger charge is 2.06. The zero-order valence-electron chi connectivity index (χ0n) is 8.64. The van der Waals surface area contributed by atoms with Crippen LogP contribution in [-0.4, -0.2) is 9.97 Å². The number of nitrogen functional groups attached to an aromatic ring is 1. The molecule has 2 N–H and O–H groups in total. The van der Waals surface area contributed by atoms with E-state index in [1.54, 1.807) is 24.4 Å². The summed E-state index contributed by atoms with van der Waals surface area (Å²) in [6, 6.07) is 7.51. The van der Waals surface area contributed by atoms with Crippen LogP contribution in [-0.2, 0) is 0 Å². The van der Waals surface area contributed by atoms with Crippen LogP contribution in [0.25, 0.3) is 0 Å². The Morgan fingerprint density at radius 2 is 2.12 bits per heavy atom. The maximum Gasteiger partial charge on any atom is 0.322 e. The molecule has 0 fully saturated rings. The number of halogens is 1. The second kappa shape index (κ2) is 4.49. The van der Waals surface area contributed by atoms with E-state index in [9.17, 15) is 0 Å². The van der Waals surface area contributed by atoms with Crippen LogP contribution < -0.4 is 10.5 Å². The Balaban J connectivity index is 2.31. The van der Waals surface area contributed by atoms with Crippen molar-refractivity contribution in [2.75, 3.05) is 5.73 Å². The summed E-state index contributed by atoms with van der Waals surface area (Å²) in [5, 5.41) is 0. The minimum Gasteiger partial charge on any atom is -0.423 e. The first-order valence-electron chi connectivity index (χ1n) is 4.68. The van der Waals surface area contributed by atoms with E-state index in [0.717, 1.165) is 5.69 Å². The van der Waals surface area contributed by atoms with Gasteiger partial charge in [-0.25, -0.2) is 9.97 Å². The van der Waals surface area contributed by atoms with Crippen LogP contribution in [0.1, 0.15) is 5.69 Å². The molecule has 0 aliphatic carbocycles. The average Bonchev–Trinajstić information content (AvgIpc) is 2.25. The number of hydrogen-bond donors (Lipinski definition) is 1. The largest absolute Gasteiger partial charge is 0.423 e. The van der Waals surface area contributed by atoms with Gasteiger partial charge in [-0.3, -0.25) is 0 Å². The Labute approximate surface area is 102 Å². The third kappa shape index (κ3) is 2.30. The van der Waals surface area contributed by atoms with Gasteiger partial charge in [0.2, 0.25) is 0 Å². The van der Waals surface area contributed by atoms with E-state index in [0.29, 0.717) is 21.9 Å². The summed E-state index contributed by atoms with van der Waals surface area (Å²) in [7, 11) is 0. The smallest absolute Gasteiger partial charge is 0.322 e. The van der Waals surface area contributed by atoms with Crippen molar-refractivity contribution in [2.24, 2.45) is 0 Å². The van der Waals surface area contributed by atoms with Gasteiger partial charge in [0.1, 0.15) is 5.75 Å². The molecule has 0 radical (unpaired) electrons. The molecule has 0 saturated carbocycles. The SMILES string of the molecule is Cc1ccnc(Oc2cccc(N)c2Br)n1. The predicted octanol–water partition coefficient (Wildman–Crippen LogP) is 2.92. The molecule has 0 aliphatic heterocycles. The number of benzene rings is 1. The van der Waals surface area contributed by atoms with Crippen molar-refractivity contribution in [3.63, 3.8) is 0 Å². The number of ether oxygens (including phenoxy) is 1. The number of aromatic nitrogens is 2. The van der Waals surface area contributed by atoms with Gasteiger partial charge in [0, 0.05) is 17.6 Å². The molecular weight excluding hydrogens is 270 g/mol. The molecule has 0 bridgehead atoms. The monoisotopic (exact) mass is 279 g/mol. The predicted molar refractivity (Wildman–Crippen MR) is 65.4 cm³/mol. The first kappa shape index (κ1) is 10.9. The molecule has 82 valence electrons. The zero-order chi connectivity index (χ0) is 11.5. The van der Waals surface area contributed by atoms with Crippen LogP contribution in [0.2, 0.25) is 0 Å². The van der Waals surface area contributed by atoms with Gasteiger partial charge in [0.05, 0.1) is 4.47 Å². The summed E-state index contributed by atoms with van der Waals surface area (Å²) in [5.41, 5.74) is 7.20. The number of nitrogens with two attached hydrogens (primary N) is 1. The molecule has 4 nitrogen and oxygen atoms in total. The molecule has 0 saturated heterocycles. The fourth-order valence-electron chi connectivity index (χ4n) is 1.18. The van der Waals surface area contributed by atoms with Crippen molar-refractivity contribution in [3.05, 3.63) is 40.6 Å². The van der Waals surface area contributed by atoms with Crippen LogP contribution in [0.15, 0.2) is 34.9 Å². The molecule has 5 heteroatoms. The second-order valence-corrected chi connectivity index (χ2v) is 4.04. The Kier molecular flexibility index (Phi) is 3.05. The number of rotatable bonds is 2. The molecule has 1 aromatic carbocycles. The number of hydrogen-bond acceptors (Lipinski definition) is 4. The van der Waals surface area contributed by atoms with Crippen molar-refractivity contribution >= 4 is 21.6 Å². The lowest BCUT2D eigenvalue weighted by Gasteiger charge is -2.07. The molecule has 0 unspecified atom stereocenters. The van der Waals surface area contributed by atoms with Gasteiger partial charge in [-0.05, 0) is 41.1 Å². The molecule has 1 aromatic heterocycles. The van der Waals surface area contributed by atoms with E-state index in [4.69, 9.17) is 10.5 Å². The van der Waals surface area contributed by atoms with E-state index < -0.39 is 0 Å². The van der Waals surface area contributed by atoms with Gasteiger partial charge in [-0.15, -0.1) is 0 Å². The molecule has 0 amide bonds. The van der Waals surface area contributed by atoms with Crippen LogP contribution in [0.4, 0.5) is 5.69 Å². The molecule has 0 atom stereocenters. The standard InChI is InChI=1S/C11H10BrN3O/c1-7-5-6-14-11(15-7)16-9-4-2-3-8(13)10(9)12/h2-6H,13H2,1H3. The average molecular weight is 280 g/mol. The Morgan fingerprint density at radius 3 is 2.88 bits per heavy atom. The minimum atomic E-state index is 0.311. The molecule has 2 rings (SSSR count). The van der Waals surface area contributed by atoms with Crippen molar-refractivity contribution < 1.29 is 4.74 Å². The van der Waals surface area contributed by atoms with Gasteiger partial charge in [0.15, 0.2) is 0 Å². The quantitative estimate of drug-likeness (QED) is 0.859. The van der Waals surface area contributed by atoms with Crippen molar-refractivity contribution in [1.29, 1.82) is 0 Å². The summed E-state index contributed by atoms with van der Waals surface area (Å²) in [5.74, 6) is 0.602. The van der Waals surface area contributed by atoms with Crippen molar-refractivity contribution in [1.82, 2.24) is 9.97 Å². The maximum atomic E-state index is 5.74. The summed E-state index contributed by atoms with van der Waals surface area (Å²) >= 11 is 3.35. The highest BCUT2D eigenvalue weighted by atomic mass is 79.9. The minimum absolute atomic E-state index is 0.311. The summed E-state index contributed by atoms with van der Waals surface area (Å²) in [6.07, 6.45) is 1.65. The van der Waals surface area contributed by atoms with E-state index in [2.05, 4.69) is 25.9 Å². The second-order valence-electron chi connectivity index (χ2n) is 3.24. The Morgan fingerprint density at radius 1 is 1.31 bits per heavy atom. The normalized spacial score (nSPS) is 10.1. The van der Waals surface area contributed by atoms with Gasteiger partial charge in [-0.2, -0.15) is 0 Å². The highest BCUT2D eigenvalue weighted by Crippen LogP contribution is 2.32. The lowest BCUT2D eigenvalue weighted by Crippen LogP contribution is -1.95.